The minimum Gasteiger partial charge on any atom is -0.342 e. The van der Waals surface area contributed by atoms with Crippen molar-refractivity contribution >= 4 is 17.5 Å². The fraction of sp³-hybridized carbons (Fsp3) is 0.348. The van der Waals surface area contributed by atoms with Gasteiger partial charge in [-0.2, -0.15) is 0 Å². The Bertz CT molecular complexity index is 1170. The van der Waals surface area contributed by atoms with E-state index in [1.54, 1.807) is 23.9 Å². The van der Waals surface area contributed by atoms with Crippen LogP contribution in [0.15, 0.2) is 53.7 Å². The molecule has 4 heterocycles. The van der Waals surface area contributed by atoms with Crippen molar-refractivity contribution in [2.75, 3.05) is 29.4 Å². The Kier molecular flexibility index (Phi) is 4.97. The molecule has 5 rings (SSSR count). The summed E-state index contributed by atoms with van der Waals surface area (Å²) in [7, 11) is 1.73. The lowest BCUT2D eigenvalue weighted by Crippen LogP contribution is -2.43. The van der Waals surface area contributed by atoms with E-state index in [0.29, 0.717) is 30.4 Å². The van der Waals surface area contributed by atoms with E-state index in [2.05, 4.69) is 20.9 Å². The number of fused-ring (bicyclic) bond motifs is 1. The number of amides is 1. The molecule has 158 valence electrons. The van der Waals surface area contributed by atoms with Gasteiger partial charge in [0.2, 0.25) is 11.9 Å². The molecule has 0 saturated carbocycles. The van der Waals surface area contributed by atoms with Crippen LogP contribution in [0.3, 0.4) is 0 Å². The van der Waals surface area contributed by atoms with Crippen molar-refractivity contribution in [3.8, 4) is 11.4 Å². The molecule has 0 aliphatic carbocycles. The molecule has 3 aromatic rings. The number of para-hydroxylation sites is 1. The molecule has 1 fully saturated rings. The number of carbonyl (C=O) groups excluding carboxylic acids is 1. The van der Waals surface area contributed by atoms with Crippen molar-refractivity contribution < 1.29 is 4.79 Å². The quantitative estimate of drug-likeness (QED) is 0.650. The summed E-state index contributed by atoms with van der Waals surface area (Å²) in [5, 5.41) is 0. The van der Waals surface area contributed by atoms with Crippen LogP contribution < -0.4 is 15.4 Å². The zero-order chi connectivity index (χ0) is 21.4. The van der Waals surface area contributed by atoms with Gasteiger partial charge in [-0.05, 0) is 37.0 Å². The Morgan fingerprint density at radius 2 is 1.87 bits per heavy atom. The highest BCUT2D eigenvalue weighted by atomic mass is 16.2. The Morgan fingerprint density at radius 1 is 1.06 bits per heavy atom. The van der Waals surface area contributed by atoms with Gasteiger partial charge in [-0.1, -0.05) is 18.2 Å². The molecule has 0 N–H and O–H groups in total. The van der Waals surface area contributed by atoms with E-state index < -0.39 is 0 Å². The van der Waals surface area contributed by atoms with Crippen LogP contribution in [0.4, 0.5) is 11.6 Å². The van der Waals surface area contributed by atoms with Gasteiger partial charge in [0.05, 0.1) is 11.4 Å². The molecule has 0 unspecified atom stereocenters. The van der Waals surface area contributed by atoms with E-state index in [-0.39, 0.29) is 17.4 Å². The van der Waals surface area contributed by atoms with Crippen molar-refractivity contribution in [1.82, 2.24) is 19.5 Å². The largest absolute Gasteiger partial charge is 0.342 e. The number of rotatable bonds is 3. The molecule has 1 amide bonds. The molecule has 0 atom stereocenters. The molecule has 1 aromatic carbocycles. The predicted molar refractivity (Wildman–Crippen MR) is 118 cm³/mol. The summed E-state index contributed by atoms with van der Waals surface area (Å²) in [6.45, 7) is 2.12. The van der Waals surface area contributed by atoms with Gasteiger partial charge in [-0.25, -0.2) is 15.0 Å². The minimum atomic E-state index is -0.134. The summed E-state index contributed by atoms with van der Waals surface area (Å²) in [6, 6.07) is 11.4. The number of aromatic nitrogens is 4. The molecule has 2 aliphatic rings. The SMILES string of the molecule is Cn1c(N2CCC(C(=O)N3CCc4ccccc43)CC2)nc(-c2ccncn2)cc1=O. The number of piperidine rings is 1. The average molecular weight is 416 g/mol. The molecular weight excluding hydrogens is 392 g/mol. The van der Waals surface area contributed by atoms with Crippen LogP contribution in [0.25, 0.3) is 11.4 Å². The van der Waals surface area contributed by atoms with Crippen molar-refractivity contribution in [2.45, 2.75) is 19.3 Å². The number of carbonyl (C=O) groups is 1. The van der Waals surface area contributed by atoms with Gasteiger partial charge in [0.1, 0.15) is 6.33 Å². The number of benzene rings is 1. The van der Waals surface area contributed by atoms with Crippen LogP contribution in [-0.2, 0) is 18.3 Å². The van der Waals surface area contributed by atoms with Crippen LogP contribution in [-0.4, -0.2) is 45.1 Å². The Balaban J connectivity index is 1.33. The van der Waals surface area contributed by atoms with E-state index in [9.17, 15) is 9.59 Å². The van der Waals surface area contributed by atoms with E-state index in [4.69, 9.17) is 4.98 Å². The molecule has 2 aliphatic heterocycles. The first-order valence-corrected chi connectivity index (χ1v) is 10.6. The first kappa shape index (κ1) is 19.4. The molecule has 0 bridgehead atoms. The summed E-state index contributed by atoms with van der Waals surface area (Å²) < 4.78 is 1.56. The second-order valence-corrected chi connectivity index (χ2v) is 8.06. The molecule has 1 saturated heterocycles. The summed E-state index contributed by atoms with van der Waals surface area (Å²) in [5.41, 5.74) is 3.31. The number of anilines is 2. The van der Waals surface area contributed by atoms with Gasteiger partial charge in [0.15, 0.2) is 0 Å². The van der Waals surface area contributed by atoms with Crippen molar-refractivity contribution in [2.24, 2.45) is 13.0 Å². The fourth-order valence-corrected chi connectivity index (χ4v) is 4.50. The molecule has 31 heavy (non-hydrogen) atoms. The van der Waals surface area contributed by atoms with E-state index >= 15 is 0 Å². The Morgan fingerprint density at radius 3 is 2.65 bits per heavy atom. The summed E-state index contributed by atoms with van der Waals surface area (Å²) in [5.74, 6) is 0.809. The van der Waals surface area contributed by atoms with Gasteiger partial charge in [0, 0.05) is 50.6 Å². The van der Waals surface area contributed by atoms with E-state index in [1.165, 1.54) is 18.0 Å². The monoisotopic (exact) mass is 416 g/mol. The van der Waals surface area contributed by atoms with Crippen molar-refractivity contribution in [3.05, 3.63) is 64.8 Å². The summed E-state index contributed by atoms with van der Waals surface area (Å²) in [4.78, 5) is 42.6. The third kappa shape index (κ3) is 3.58. The minimum absolute atomic E-state index is 0.00974. The second-order valence-electron chi connectivity index (χ2n) is 8.06. The van der Waals surface area contributed by atoms with Crippen LogP contribution in [0.1, 0.15) is 18.4 Å². The maximum atomic E-state index is 13.2. The second kappa shape index (κ2) is 7.94. The van der Waals surface area contributed by atoms with E-state index in [0.717, 1.165) is 31.5 Å². The molecule has 0 radical (unpaired) electrons. The van der Waals surface area contributed by atoms with Crippen molar-refractivity contribution in [3.63, 3.8) is 0 Å². The standard InChI is InChI=1S/C23H24N6O2/c1-27-21(30)14-19(18-6-10-24-15-25-18)26-23(27)28-11-7-17(8-12-28)22(31)29-13-9-16-4-2-3-5-20(16)29/h2-6,10,14-15,17H,7-9,11-13H2,1H3. The highest BCUT2D eigenvalue weighted by Gasteiger charge is 2.33. The first-order valence-electron chi connectivity index (χ1n) is 10.6. The summed E-state index contributed by atoms with van der Waals surface area (Å²) in [6.07, 6.45) is 5.48. The normalized spacial score (nSPS) is 16.4. The fourth-order valence-electron chi connectivity index (χ4n) is 4.50. The maximum Gasteiger partial charge on any atom is 0.255 e. The molecule has 0 spiro atoms. The van der Waals surface area contributed by atoms with Crippen LogP contribution in [0.5, 0.6) is 0 Å². The predicted octanol–water partition coefficient (Wildman–Crippen LogP) is 2.04. The lowest BCUT2D eigenvalue weighted by atomic mass is 9.95. The Hall–Kier alpha value is -3.55. The zero-order valence-electron chi connectivity index (χ0n) is 17.4. The number of hydrogen-bond acceptors (Lipinski definition) is 6. The highest BCUT2D eigenvalue weighted by molar-refractivity contribution is 5.97. The summed E-state index contributed by atoms with van der Waals surface area (Å²) >= 11 is 0. The lowest BCUT2D eigenvalue weighted by molar-refractivity contribution is -0.122. The van der Waals surface area contributed by atoms with Gasteiger partial charge in [-0.15, -0.1) is 0 Å². The lowest BCUT2D eigenvalue weighted by Gasteiger charge is -2.34. The van der Waals surface area contributed by atoms with Gasteiger partial charge in [-0.3, -0.25) is 14.2 Å². The first-order chi connectivity index (χ1) is 15.1. The molecule has 8 nitrogen and oxygen atoms in total. The highest BCUT2D eigenvalue weighted by Crippen LogP contribution is 2.31. The molecule has 8 heteroatoms. The zero-order valence-corrected chi connectivity index (χ0v) is 17.4. The topological polar surface area (TPSA) is 84.2 Å². The van der Waals surface area contributed by atoms with Gasteiger partial charge < -0.3 is 9.80 Å². The number of nitrogens with zero attached hydrogens (tertiary/aromatic N) is 6. The average Bonchev–Trinajstić information content (AvgIpc) is 3.25. The molecular formula is C23H24N6O2. The van der Waals surface area contributed by atoms with Crippen LogP contribution in [0.2, 0.25) is 0 Å². The van der Waals surface area contributed by atoms with Crippen LogP contribution >= 0.6 is 0 Å². The molecule has 2 aromatic heterocycles. The van der Waals surface area contributed by atoms with E-state index in [1.807, 2.05) is 23.1 Å². The maximum absolute atomic E-state index is 13.2. The Labute approximate surface area is 180 Å². The van der Waals surface area contributed by atoms with Crippen molar-refractivity contribution in [1.29, 1.82) is 0 Å². The van der Waals surface area contributed by atoms with Gasteiger partial charge >= 0.3 is 0 Å². The smallest absolute Gasteiger partial charge is 0.255 e. The number of hydrogen-bond donors (Lipinski definition) is 0. The third-order valence-corrected chi connectivity index (χ3v) is 6.24. The third-order valence-electron chi connectivity index (χ3n) is 6.24. The van der Waals surface area contributed by atoms with Gasteiger partial charge in [0.25, 0.3) is 5.56 Å². The van der Waals surface area contributed by atoms with Crippen LogP contribution in [0, 0.1) is 5.92 Å².